The van der Waals surface area contributed by atoms with E-state index in [1.807, 2.05) is 0 Å². The Morgan fingerprint density at radius 3 is 2.81 bits per heavy atom. The number of hydrogen-bond acceptors (Lipinski definition) is 5. The summed E-state index contributed by atoms with van der Waals surface area (Å²) in [5.74, 6) is 2.75. The summed E-state index contributed by atoms with van der Waals surface area (Å²) in [7, 11) is 0. The molecule has 1 aliphatic rings. The van der Waals surface area contributed by atoms with E-state index >= 15 is 0 Å². The normalized spacial score (nSPS) is 14.6. The lowest BCUT2D eigenvalue weighted by Gasteiger charge is -2.24. The smallest absolute Gasteiger partial charge is 0.226 e. The third-order valence-corrected chi connectivity index (χ3v) is 4.74. The molecule has 1 N–H and O–H groups in total. The highest BCUT2D eigenvalue weighted by molar-refractivity contribution is 7.18. The number of nitrogens with zero attached hydrogens (tertiary/aromatic N) is 3. The monoisotopic (exact) mass is 304 g/mol. The standard InChI is InChI=1S/C16H24N4S/c1-4-8-20(10-12-6-7-12)14-13-9-11(3)21-15(13)19-16(18-14)17-5-2/h9,12H,4-8,10H2,1-3H3,(H,17,18,19). The van der Waals surface area contributed by atoms with Crippen LogP contribution in [0.3, 0.4) is 0 Å². The number of thiophene rings is 1. The largest absolute Gasteiger partial charge is 0.356 e. The molecule has 0 aromatic carbocycles. The van der Waals surface area contributed by atoms with E-state index < -0.39 is 0 Å². The van der Waals surface area contributed by atoms with Crippen LogP contribution in [0.2, 0.25) is 0 Å². The lowest BCUT2D eigenvalue weighted by molar-refractivity contribution is 0.701. The summed E-state index contributed by atoms with van der Waals surface area (Å²) in [6.45, 7) is 9.53. The number of nitrogens with one attached hydrogen (secondary N) is 1. The van der Waals surface area contributed by atoms with Gasteiger partial charge in [-0.3, -0.25) is 0 Å². The maximum absolute atomic E-state index is 4.81. The van der Waals surface area contributed by atoms with Crippen molar-refractivity contribution in [3.63, 3.8) is 0 Å². The van der Waals surface area contributed by atoms with Crippen LogP contribution >= 0.6 is 11.3 Å². The Hall–Kier alpha value is -1.36. The molecule has 0 bridgehead atoms. The molecule has 0 atom stereocenters. The van der Waals surface area contributed by atoms with Crippen LogP contribution in [0.4, 0.5) is 11.8 Å². The van der Waals surface area contributed by atoms with Crippen LogP contribution in [0, 0.1) is 12.8 Å². The Labute approximate surface area is 130 Å². The van der Waals surface area contributed by atoms with Crippen molar-refractivity contribution < 1.29 is 0 Å². The van der Waals surface area contributed by atoms with Gasteiger partial charge in [0.15, 0.2) is 0 Å². The van der Waals surface area contributed by atoms with Crippen molar-refractivity contribution >= 4 is 33.3 Å². The molecule has 114 valence electrons. The van der Waals surface area contributed by atoms with Gasteiger partial charge in [0.05, 0.1) is 5.39 Å². The minimum absolute atomic E-state index is 0.763. The first-order valence-corrected chi connectivity index (χ1v) is 8.80. The van der Waals surface area contributed by atoms with Crippen LogP contribution in [0.5, 0.6) is 0 Å². The molecule has 1 aliphatic carbocycles. The van der Waals surface area contributed by atoms with Gasteiger partial charge < -0.3 is 10.2 Å². The molecule has 5 heteroatoms. The molecule has 0 saturated heterocycles. The Bertz CT molecular complexity index is 618. The molecule has 2 aromatic heterocycles. The van der Waals surface area contributed by atoms with Crippen molar-refractivity contribution in [2.45, 2.75) is 40.0 Å². The number of rotatable bonds is 7. The van der Waals surface area contributed by atoms with Gasteiger partial charge in [-0.05, 0) is 45.1 Å². The molecular weight excluding hydrogens is 280 g/mol. The van der Waals surface area contributed by atoms with Crippen molar-refractivity contribution in [2.75, 3.05) is 29.9 Å². The first-order valence-electron chi connectivity index (χ1n) is 7.98. The van der Waals surface area contributed by atoms with E-state index in [1.165, 1.54) is 23.1 Å². The summed E-state index contributed by atoms with van der Waals surface area (Å²) in [5, 5.41) is 4.49. The van der Waals surface area contributed by atoms with Crippen LogP contribution in [0.15, 0.2) is 6.07 Å². The lowest BCUT2D eigenvalue weighted by atomic mass is 10.2. The molecule has 0 unspecified atom stereocenters. The van der Waals surface area contributed by atoms with E-state index in [4.69, 9.17) is 4.98 Å². The summed E-state index contributed by atoms with van der Waals surface area (Å²) in [4.78, 5) is 14.3. The van der Waals surface area contributed by atoms with Gasteiger partial charge in [0.25, 0.3) is 0 Å². The number of hydrogen-bond donors (Lipinski definition) is 1. The van der Waals surface area contributed by atoms with Crippen molar-refractivity contribution in [3.8, 4) is 0 Å². The van der Waals surface area contributed by atoms with E-state index in [2.05, 4.69) is 42.0 Å². The number of anilines is 2. The fraction of sp³-hybridized carbons (Fsp3) is 0.625. The van der Waals surface area contributed by atoms with Crippen LogP contribution in [0.25, 0.3) is 10.2 Å². The molecule has 0 radical (unpaired) electrons. The minimum Gasteiger partial charge on any atom is -0.356 e. The summed E-state index contributed by atoms with van der Waals surface area (Å²) in [5.41, 5.74) is 0. The number of fused-ring (bicyclic) bond motifs is 1. The van der Waals surface area contributed by atoms with Crippen LogP contribution in [-0.2, 0) is 0 Å². The van der Waals surface area contributed by atoms with Crippen LogP contribution in [0.1, 0.15) is 38.0 Å². The third-order valence-electron chi connectivity index (χ3n) is 3.80. The molecule has 4 nitrogen and oxygen atoms in total. The molecule has 21 heavy (non-hydrogen) atoms. The van der Waals surface area contributed by atoms with Crippen molar-refractivity contribution in [3.05, 3.63) is 10.9 Å². The zero-order chi connectivity index (χ0) is 14.8. The van der Waals surface area contributed by atoms with Crippen LogP contribution in [-0.4, -0.2) is 29.6 Å². The summed E-state index contributed by atoms with van der Waals surface area (Å²) in [6.07, 6.45) is 3.90. The highest BCUT2D eigenvalue weighted by Gasteiger charge is 2.26. The van der Waals surface area contributed by atoms with E-state index in [0.29, 0.717) is 0 Å². The van der Waals surface area contributed by atoms with Gasteiger partial charge in [-0.2, -0.15) is 4.98 Å². The van der Waals surface area contributed by atoms with Crippen LogP contribution < -0.4 is 10.2 Å². The second kappa shape index (κ2) is 6.18. The fourth-order valence-corrected chi connectivity index (χ4v) is 3.54. The highest BCUT2D eigenvalue weighted by atomic mass is 32.1. The van der Waals surface area contributed by atoms with Gasteiger partial charge in [-0.1, -0.05) is 6.92 Å². The molecular formula is C16H24N4S. The minimum atomic E-state index is 0.763. The summed E-state index contributed by atoms with van der Waals surface area (Å²) in [6, 6.07) is 2.24. The quantitative estimate of drug-likeness (QED) is 0.837. The second-order valence-corrected chi connectivity index (χ2v) is 7.10. The molecule has 1 fully saturated rings. The third kappa shape index (κ3) is 3.28. The number of aromatic nitrogens is 2. The molecule has 3 rings (SSSR count). The Morgan fingerprint density at radius 2 is 2.14 bits per heavy atom. The van der Waals surface area contributed by atoms with E-state index in [9.17, 15) is 0 Å². The lowest BCUT2D eigenvalue weighted by Crippen LogP contribution is -2.28. The van der Waals surface area contributed by atoms with Crippen molar-refractivity contribution in [2.24, 2.45) is 5.92 Å². The first kappa shape index (κ1) is 14.6. The molecule has 0 amide bonds. The second-order valence-electron chi connectivity index (χ2n) is 5.87. The fourth-order valence-electron chi connectivity index (χ4n) is 2.67. The summed E-state index contributed by atoms with van der Waals surface area (Å²) >= 11 is 1.76. The van der Waals surface area contributed by atoms with Crippen molar-refractivity contribution in [1.82, 2.24) is 9.97 Å². The van der Waals surface area contributed by atoms with Gasteiger partial charge in [0.1, 0.15) is 10.6 Å². The SMILES string of the molecule is CCCN(CC1CC1)c1nc(NCC)nc2sc(C)cc12. The average molecular weight is 304 g/mol. The van der Waals surface area contributed by atoms with E-state index in [-0.39, 0.29) is 0 Å². The molecule has 1 saturated carbocycles. The maximum atomic E-state index is 4.81. The molecule has 0 spiro atoms. The zero-order valence-corrected chi connectivity index (χ0v) is 14.0. The number of aryl methyl sites for hydroxylation is 1. The summed E-state index contributed by atoms with van der Waals surface area (Å²) < 4.78 is 0. The van der Waals surface area contributed by atoms with Gasteiger partial charge >= 0.3 is 0 Å². The van der Waals surface area contributed by atoms with Gasteiger partial charge in [0, 0.05) is 24.5 Å². The first-order chi connectivity index (χ1) is 10.2. The Morgan fingerprint density at radius 1 is 1.33 bits per heavy atom. The van der Waals surface area contributed by atoms with E-state index in [1.54, 1.807) is 11.3 Å². The maximum Gasteiger partial charge on any atom is 0.226 e. The predicted octanol–water partition coefficient (Wildman–Crippen LogP) is 4.06. The zero-order valence-electron chi connectivity index (χ0n) is 13.1. The molecule has 0 aliphatic heterocycles. The topological polar surface area (TPSA) is 41.1 Å². The average Bonchev–Trinajstić information content (AvgIpc) is 3.18. The molecule has 2 aromatic rings. The highest BCUT2D eigenvalue weighted by Crippen LogP contribution is 2.35. The van der Waals surface area contributed by atoms with Gasteiger partial charge in [-0.25, -0.2) is 4.98 Å². The predicted molar refractivity (Wildman–Crippen MR) is 91.5 cm³/mol. The van der Waals surface area contributed by atoms with Crippen molar-refractivity contribution in [1.29, 1.82) is 0 Å². The molecule has 2 heterocycles. The van der Waals surface area contributed by atoms with E-state index in [0.717, 1.165) is 48.6 Å². The van der Waals surface area contributed by atoms with Gasteiger partial charge in [-0.15, -0.1) is 11.3 Å². The van der Waals surface area contributed by atoms with Gasteiger partial charge in [0.2, 0.25) is 5.95 Å². The Kier molecular flexibility index (Phi) is 4.29. The Balaban J connectivity index is 2.03.